The van der Waals surface area contributed by atoms with Gasteiger partial charge in [0.2, 0.25) is 0 Å². The van der Waals surface area contributed by atoms with Gasteiger partial charge in [-0.1, -0.05) is 18.2 Å². The largest absolute Gasteiger partial charge is 0.486 e. The molecule has 0 spiro atoms. The van der Waals surface area contributed by atoms with E-state index in [9.17, 15) is 4.79 Å². The van der Waals surface area contributed by atoms with Gasteiger partial charge in [0, 0.05) is 30.1 Å². The van der Waals surface area contributed by atoms with Gasteiger partial charge in [-0.25, -0.2) is 4.98 Å². The van der Waals surface area contributed by atoms with Crippen LogP contribution in [-0.2, 0) is 0 Å². The Morgan fingerprint density at radius 2 is 1.80 bits per heavy atom. The van der Waals surface area contributed by atoms with E-state index in [1.807, 2.05) is 53.4 Å². The molecule has 1 amide bonds. The first-order chi connectivity index (χ1) is 13.7. The lowest BCUT2D eigenvalue weighted by Crippen LogP contribution is -2.32. The van der Waals surface area contributed by atoms with E-state index in [0.29, 0.717) is 37.6 Å². The zero-order chi connectivity index (χ0) is 19.1. The lowest BCUT2D eigenvalue weighted by atomic mass is 10.0. The molecule has 0 unspecified atom stereocenters. The molecule has 1 aromatic heterocycles. The van der Waals surface area contributed by atoms with E-state index in [0.717, 1.165) is 34.3 Å². The summed E-state index contributed by atoms with van der Waals surface area (Å²) in [6, 6.07) is 15.4. The zero-order valence-corrected chi connectivity index (χ0v) is 17.9. The van der Waals surface area contributed by atoms with Crippen molar-refractivity contribution in [1.29, 1.82) is 0 Å². The molecule has 30 heavy (non-hydrogen) atoms. The van der Waals surface area contributed by atoms with Crippen LogP contribution in [0.3, 0.4) is 0 Å². The highest BCUT2D eigenvalue weighted by atomic mass is 35.5. The third-order valence-corrected chi connectivity index (χ3v) is 5.30. The van der Waals surface area contributed by atoms with Crippen LogP contribution in [0, 0.1) is 0 Å². The average Bonchev–Trinajstić information content (AvgIpc) is 3.18. The van der Waals surface area contributed by atoms with Crippen molar-refractivity contribution in [3.63, 3.8) is 0 Å². The number of hydrogen-bond donors (Lipinski definition) is 1. The van der Waals surface area contributed by atoms with E-state index in [1.165, 1.54) is 0 Å². The van der Waals surface area contributed by atoms with E-state index in [-0.39, 0.29) is 36.8 Å². The van der Waals surface area contributed by atoms with Crippen LogP contribution >= 0.6 is 24.8 Å². The van der Waals surface area contributed by atoms with Gasteiger partial charge in [-0.05, 0) is 36.8 Å². The highest BCUT2D eigenvalue weighted by molar-refractivity contribution is 6.07. The number of fused-ring (bicyclic) bond motifs is 2. The second-order valence-corrected chi connectivity index (χ2v) is 7.23. The van der Waals surface area contributed by atoms with Crippen molar-refractivity contribution in [3.8, 4) is 22.8 Å². The van der Waals surface area contributed by atoms with Crippen LogP contribution in [0.4, 0.5) is 0 Å². The number of ether oxygens (including phenoxy) is 2. The van der Waals surface area contributed by atoms with E-state index in [2.05, 4.69) is 0 Å². The maximum Gasteiger partial charge on any atom is 0.254 e. The third kappa shape index (κ3) is 4.03. The second kappa shape index (κ2) is 9.08. The quantitative estimate of drug-likeness (QED) is 0.647. The molecule has 0 bridgehead atoms. The number of benzene rings is 2. The van der Waals surface area contributed by atoms with Crippen LogP contribution in [0.2, 0.25) is 0 Å². The van der Waals surface area contributed by atoms with Crippen molar-refractivity contribution < 1.29 is 14.3 Å². The summed E-state index contributed by atoms with van der Waals surface area (Å²) in [4.78, 5) is 19.8. The van der Waals surface area contributed by atoms with Crippen molar-refractivity contribution in [3.05, 3.63) is 54.1 Å². The molecule has 1 saturated heterocycles. The first kappa shape index (κ1) is 22.2. The third-order valence-electron chi connectivity index (χ3n) is 5.30. The molecule has 6 nitrogen and oxygen atoms in total. The van der Waals surface area contributed by atoms with Gasteiger partial charge in [0.1, 0.15) is 13.2 Å². The lowest BCUT2D eigenvalue weighted by Gasteiger charge is -2.20. The number of likely N-dealkylation sites (tertiary alicyclic amines) is 1. The smallest absolute Gasteiger partial charge is 0.254 e. The maximum atomic E-state index is 13.2. The molecule has 158 valence electrons. The van der Waals surface area contributed by atoms with E-state index < -0.39 is 0 Å². The minimum atomic E-state index is 0. The van der Waals surface area contributed by atoms with Gasteiger partial charge in [-0.15, -0.1) is 24.8 Å². The maximum absolute atomic E-state index is 13.2. The van der Waals surface area contributed by atoms with Crippen LogP contribution < -0.4 is 15.2 Å². The molecule has 3 heterocycles. The Hall–Kier alpha value is -2.54. The number of nitrogens with two attached hydrogens (primary N) is 1. The number of nitrogens with zero attached hydrogens (tertiary/aromatic N) is 2. The molecule has 2 aliphatic heterocycles. The number of aromatic nitrogens is 1. The zero-order valence-electron chi connectivity index (χ0n) is 16.2. The number of amides is 1. The van der Waals surface area contributed by atoms with Gasteiger partial charge in [-0.2, -0.15) is 0 Å². The molecule has 8 heteroatoms. The van der Waals surface area contributed by atoms with Crippen LogP contribution in [0.5, 0.6) is 11.5 Å². The van der Waals surface area contributed by atoms with Crippen LogP contribution in [0.15, 0.2) is 48.5 Å². The predicted molar refractivity (Wildman–Crippen MR) is 121 cm³/mol. The molecule has 1 atom stereocenters. The molecule has 5 rings (SSSR count). The van der Waals surface area contributed by atoms with Crippen LogP contribution in [0.1, 0.15) is 16.8 Å². The topological polar surface area (TPSA) is 77.7 Å². The fourth-order valence-electron chi connectivity index (χ4n) is 3.85. The number of carbonyl (C=O) groups excluding carboxylic acids is 1. The Balaban J connectivity index is 0.00000128. The Morgan fingerprint density at radius 1 is 1.03 bits per heavy atom. The fraction of sp³-hybridized carbons (Fsp3) is 0.273. The number of halogens is 2. The van der Waals surface area contributed by atoms with Crippen molar-refractivity contribution >= 4 is 41.6 Å². The van der Waals surface area contributed by atoms with Crippen molar-refractivity contribution in [1.82, 2.24) is 9.88 Å². The van der Waals surface area contributed by atoms with Gasteiger partial charge in [0.05, 0.1) is 16.8 Å². The van der Waals surface area contributed by atoms with Crippen molar-refractivity contribution in [2.75, 3.05) is 26.3 Å². The summed E-state index contributed by atoms with van der Waals surface area (Å²) in [6.45, 7) is 2.36. The molecule has 2 aliphatic rings. The van der Waals surface area contributed by atoms with E-state index in [4.69, 9.17) is 20.2 Å². The summed E-state index contributed by atoms with van der Waals surface area (Å²) in [5.41, 5.74) is 9.09. The van der Waals surface area contributed by atoms with Gasteiger partial charge in [-0.3, -0.25) is 4.79 Å². The first-order valence-corrected chi connectivity index (χ1v) is 9.54. The standard InChI is InChI=1S/C22H21N3O3.2ClH/c23-15-7-8-25(13-15)22(26)17-12-19(24-18-4-2-1-3-16(17)18)14-5-6-20-21(11-14)28-10-9-27-20;;/h1-6,11-12,15H,7-10,13,23H2;2*1H/t15-;;/m1../s1. The van der Waals surface area contributed by atoms with Gasteiger partial charge < -0.3 is 20.1 Å². The fourth-order valence-corrected chi connectivity index (χ4v) is 3.85. The Morgan fingerprint density at radius 3 is 2.57 bits per heavy atom. The average molecular weight is 448 g/mol. The second-order valence-electron chi connectivity index (χ2n) is 7.23. The number of hydrogen-bond acceptors (Lipinski definition) is 5. The SMILES string of the molecule is Cl.Cl.N[C@@H]1CCN(C(=O)c2cc(-c3ccc4c(c3)OCCO4)nc3ccccc23)C1. The number of carbonyl (C=O) groups is 1. The van der Waals surface area contributed by atoms with E-state index in [1.54, 1.807) is 0 Å². The minimum Gasteiger partial charge on any atom is -0.486 e. The van der Waals surface area contributed by atoms with Crippen molar-refractivity contribution in [2.24, 2.45) is 5.73 Å². The minimum absolute atomic E-state index is 0. The van der Waals surface area contributed by atoms with E-state index >= 15 is 0 Å². The molecular formula is C22H23Cl2N3O3. The molecule has 0 aliphatic carbocycles. The Kier molecular flexibility index (Phi) is 6.71. The summed E-state index contributed by atoms with van der Waals surface area (Å²) in [7, 11) is 0. The highest BCUT2D eigenvalue weighted by Crippen LogP contribution is 2.35. The Labute approximate surface area is 187 Å². The summed E-state index contributed by atoms with van der Waals surface area (Å²) in [5.74, 6) is 1.44. The molecule has 0 radical (unpaired) electrons. The number of rotatable bonds is 2. The molecule has 1 fully saturated rings. The predicted octanol–water partition coefficient (Wildman–Crippen LogP) is 3.69. The summed E-state index contributed by atoms with van der Waals surface area (Å²) in [5, 5.41) is 0.856. The summed E-state index contributed by atoms with van der Waals surface area (Å²) < 4.78 is 11.3. The summed E-state index contributed by atoms with van der Waals surface area (Å²) in [6.07, 6.45) is 0.837. The Bertz CT molecular complexity index is 1080. The molecule has 2 aromatic carbocycles. The number of para-hydroxylation sites is 1. The molecule has 3 aromatic rings. The highest BCUT2D eigenvalue weighted by Gasteiger charge is 2.26. The van der Waals surface area contributed by atoms with Gasteiger partial charge in [0.25, 0.3) is 5.91 Å². The summed E-state index contributed by atoms with van der Waals surface area (Å²) >= 11 is 0. The number of pyridine rings is 1. The normalized spacial score (nSPS) is 17.2. The van der Waals surface area contributed by atoms with Crippen LogP contribution in [-0.4, -0.2) is 48.1 Å². The monoisotopic (exact) mass is 447 g/mol. The van der Waals surface area contributed by atoms with Gasteiger partial charge in [0.15, 0.2) is 11.5 Å². The molecule has 2 N–H and O–H groups in total. The van der Waals surface area contributed by atoms with Crippen molar-refractivity contribution in [2.45, 2.75) is 12.5 Å². The lowest BCUT2D eigenvalue weighted by molar-refractivity contribution is 0.0793. The van der Waals surface area contributed by atoms with Crippen LogP contribution in [0.25, 0.3) is 22.2 Å². The molecular weight excluding hydrogens is 425 g/mol. The van der Waals surface area contributed by atoms with Gasteiger partial charge >= 0.3 is 0 Å². The molecule has 0 saturated carbocycles. The first-order valence-electron chi connectivity index (χ1n) is 9.54.